The topological polar surface area (TPSA) is 64.9 Å². The standard InChI is InChI=1S/C12H17N3OS/c1-9(8-13)12-14-11(16-15-12)6-2-4-10-5-3-7-17-10/h3,5,7,9H,2,4,6,8,13H2,1H3. The van der Waals surface area contributed by atoms with Crippen molar-refractivity contribution in [3.05, 3.63) is 34.1 Å². The molecule has 2 aromatic heterocycles. The Kier molecular flexibility index (Phi) is 4.28. The molecular formula is C12H17N3OS. The van der Waals surface area contributed by atoms with Gasteiger partial charge in [-0.3, -0.25) is 0 Å². The van der Waals surface area contributed by atoms with Crippen LogP contribution in [0.15, 0.2) is 22.0 Å². The third-order valence-corrected chi connectivity index (χ3v) is 3.61. The molecule has 0 fully saturated rings. The normalized spacial score (nSPS) is 12.8. The lowest BCUT2D eigenvalue weighted by Crippen LogP contribution is -2.10. The fraction of sp³-hybridized carbons (Fsp3) is 0.500. The molecule has 0 aliphatic heterocycles. The highest BCUT2D eigenvalue weighted by Crippen LogP contribution is 2.14. The largest absolute Gasteiger partial charge is 0.339 e. The van der Waals surface area contributed by atoms with Gasteiger partial charge in [0.2, 0.25) is 5.89 Å². The summed E-state index contributed by atoms with van der Waals surface area (Å²) in [4.78, 5) is 5.75. The van der Waals surface area contributed by atoms with Gasteiger partial charge in [-0.2, -0.15) is 4.98 Å². The third-order valence-electron chi connectivity index (χ3n) is 2.67. The molecule has 0 aliphatic carbocycles. The highest BCUT2D eigenvalue weighted by Gasteiger charge is 2.11. The van der Waals surface area contributed by atoms with Crippen LogP contribution < -0.4 is 5.73 Å². The molecule has 2 rings (SSSR count). The van der Waals surface area contributed by atoms with E-state index in [0.29, 0.717) is 6.54 Å². The van der Waals surface area contributed by atoms with Gasteiger partial charge in [-0.05, 0) is 24.3 Å². The number of aromatic nitrogens is 2. The monoisotopic (exact) mass is 251 g/mol. The Bertz CT molecular complexity index is 438. The van der Waals surface area contributed by atoms with Crippen molar-refractivity contribution in [2.45, 2.75) is 32.1 Å². The van der Waals surface area contributed by atoms with Crippen molar-refractivity contribution in [1.82, 2.24) is 10.1 Å². The van der Waals surface area contributed by atoms with Crippen LogP contribution >= 0.6 is 11.3 Å². The molecule has 2 N–H and O–H groups in total. The van der Waals surface area contributed by atoms with Crippen LogP contribution in [0, 0.1) is 0 Å². The van der Waals surface area contributed by atoms with Gasteiger partial charge in [0.1, 0.15) is 0 Å². The molecule has 0 aliphatic rings. The molecule has 2 heterocycles. The van der Waals surface area contributed by atoms with E-state index in [2.05, 4.69) is 27.7 Å². The Morgan fingerprint density at radius 1 is 1.47 bits per heavy atom. The second-order valence-corrected chi connectivity index (χ2v) is 5.15. The van der Waals surface area contributed by atoms with Crippen molar-refractivity contribution in [3.8, 4) is 0 Å². The van der Waals surface area contributed by atoms with Gasteiger partial charge in [-0.25, -0.2) is 0 Å². The summed E-state index contributed by atoms with van der Waals surface area (Å²) < 4.78 is 5.19. The molecule has 0 aromatic carbocycles. The maximum Gasteiger partial charge on any atom is 0.226 e. The minimum atomic E-state index is 0.171. The van der Waals surface area contributed by atoms with Crippen LogP contribution in [0.25, 0.3) is 0 Å². The van der Waals surface area contributed by atoms with Crippen LogP contribution in [0.5, 0.6) is 0 Å². The van der Waals surface area contributed by atoms with Crippen molar-refractivity contribution in [1.29, 1.82) is 0 Å². The second kappa shape index (κ2) is 5.93. The van der Waals surface area contributed by atoms with E-state index in [1.807, 2.05) is 6.92 Å². The Morgan fingerprint density at radius 2 is 2.35 bits per heavy atom. The van der Waals surface area contributed by atoms with Crippen molar-refractivity contribution in [2.24, 2.45) is 5.73 Å². The van der Waals surface area contributed by atoms with Gasteiger partial charge < -0.3 is 10.3 Å². The first kappa shape index (κ1) is 12.3. The zero-order valence-electron chi connectivity index (χ0n) is 9.93. The van der Waals surface area contributed by atoms with Gasteiger partial charge in [0.25, 0.3) is 0 Å². The Labute approximate surface area is 105 Å². The fourth-order valence-corrected chi connectivity index (χ4v) is 2.30. The Morgan fingerprint density at radius 3 is 3.06 bits per heavy atom. The maximum atomic E-state index is 5.56. The molecular weight excluding hydrogens is 234 g/mol. The number of thiophene rings is 1. The van der Waals surface area contributed by atoms with Crippen LogP contribution in [0.2, 0.25) is 0 Å². The highest BCUT2D eigenvalue weighted by molar-refractivity contribution is 7.09. The van der Waals surface area contributed by atoms with Crippen LogP contribution in [-0.4, -0.2) is 16.7 Å². The number of nitrogens with zero attached hydrogens (tertiary/aromatic N) is 2. The minimum absolute atomic E-state index is 0.171. The van der Waals surface area contributed by atoms with E-state index in [-0.39, 0.29) is 5.92 Å². The number of aryl methyl sites for hydroxylation is 2. The van der Waals surface area contributed by atoms with E-state index in [4.69, 9.17) is 10.3 Å². The van der Waals surface area contributed by atoms with Crippen molar-refractivity contribution < 1.29 is 4.52 Å². The van der Waals surface area contributed by atoms with E-state index in [9.17, 15) is 0 Å². The van der Waals surface area contributed by atoms with E-state index >= 15 is 0 Å². The Balaban J connectivity index is 1.81. The van der Waals surface area contributed by atoms with E-state index in [0.717, 1.165) is 31.0 Å². The van der Waals surface area contributed by atoms with Gasteiger partial charge >= 0.3 is 0 Å². The van der Waals surface area contributed by atoms with Crippen LogP contribution in [-0.2, 0) is 12.8 Å². The summed E-state index contributed by atoms with van der Waals surface area (Å²) in [7, 11) is 0. The van der Waals surface area contributed by atoms with Gasteiger partial charge in [0, 0.05) is 23.8 Å². The number of hydrogen-bond acceptors (Lipinski definition) is 5. The fourth-order valence-electron chi connectivity index (χ4n) is 1.54. The predicted octanol–water partition coefficient (Wildman–Crippen LogP) is 2.37. The minimum Gasteiger partial charge on any atom is -0.339 e. The van der Waals surface area contributed by atoms with Gasteiger partial charge in [0.15, 0.2) is 5.82 Å². The first-order valence-electron chi connectivity index (χ1n) is 5.84. The molecule has 0 radical (unpaired) electrons. The summed E-state index contributed by atoms with van der Waals surface area (Å²) in [5.41, 5.74) is 5.56. The summed E-state index contributed by atoms with van der Waals surface area (Å²) in [6, 6.07) is 4.23. The van der Waals surface area contributed by atoms with Crippen LogP contribution in [0.4, 0.5) is 0 Å². The van der Waals surface area contributed by atoms with Crippen LogP contribution in [0.3, 0.4) is 0 Å². The van der Waals surface area contributed by atoms with E-state index in [1.165, 1.54) is 4.88 Å². The number of hydrogen-bond donors (Lipinski definition) is 1. The number of nitrogens with two attached hydrogens (primary N) is 1. The maximum absolute atomic E-state index is 5.56. The summed E-state index contributed by atoms with van der Waals surface area (Å²) in [5, 5.41) is 6.04. The number of rotatable bonds is 6. The third kappa shape index (κ3) is 3.38. The molecule has 1 unspecified atom stereocenters. The molecule has 0 spiro atoms. The predicted molar refractivity (Wildman–Crippen MR) is 68.1 cm³/mol. The molecule has 5 heteroatoms. The zero-order chi connectivity index (χ0) is 12.1. The Hall–Kier alpha value is -1.20. The van der Waals surface area contributed by atoms with Gasteiger partial charge in [-0.1, -0.05) is 18.1 Å². The van der Waals surface area contributed by atoms with Crippen molar-refractivity contribution in [2.75, 3.05) is 6.54 Å². The quantitative estimate of drug-likeness (QED) is 0.856. The summed E-state index contributed by atoms with van der Waals surface area (Å²) in [6.07, 6.45) is 2.95. The van der Waals surface area contributed by atoms with Crippen molar-refractivity contribution in [3.63, 3.8) is 0 Å². The van der Waals surface area contributed by atoms with Crippen molar-refractivity contribution >= 4 is 11.3 Å². The second-order valence-electron chi connectivity index (χ2n) is 4.12. The lowest BCUT2D eigenvalue weighted by atomic mass is 10.2. The lowest BCUT2D eigenvalue weighted by Gasteiger charge is -1.98. The van der Waals surface area contributed by atoms with E-state index < -0.39 is 0 Å². The molecule has 1 atom stereocenters. The average molecular weight is 251 g/mol. The van der Waals surface area contributed by atoms with Gasteiger partial charge in [0.05, 0.1) is 0 Å². The molecule has 2 aromatic rings. The molecule has 0 amide bonds. The molecule has 0 bridgehead atoms. The van der Waals surface area contributed by atoms with E-state index in [1.54, 1.807) is 11.3 Å². The molecule has 17 heavy (non-hydrogen) atoms. The van der Waals surface area contributed by atoms with Gasteiger partial charge in [-0.15, -0.1) is 11.3 Å². The lowest BCUT2D eigenvalue weighted by molar-refractivity contribution is 0.368. The SMILES string of the molecule is CC(CN)c1noc(CCCc2cccs2)n1. The first-order valence-corrected chi connectivity index (χ1v) is 6.72. The molecule has 4 nitrogen and oxygen atoms in total. The molecule has 0 saturated carbocycles. The highest BCUT2D eigenvalue weighted by atomic mass is 32.1. The summed E-state index contributed by atoms with van der Waals surface area (Å²) in [6.45, 7) is 2.55. The summed E-state index contributed by atoms with van der Waals surface area (Å²) >= 11 is 1.79. The average Bonchev–Trinajstić information content (AvgIpc) is 2.99. The van der Waals surface area contributed by atoms with Crippen LogP contribution in [0.1, 0.15) is 35.9 Å². The smallest absolute Gasteiger partial charge is 0.226 e. The summed E-state index contributed by atoms with van der Waals surface area (Å²) in [5.74, 6) is 1.61. The first-order chi connectivity index (χ1) is 8.29. The zero-order valence-corrected chi connectivity index (χ0v) is 10.7. The molecule has 0 saturated heterocycles. The molecule has 92 valence electrons.